The van der Waals surface area contributed by atoms with E-state index in [9.17, 15) is 9.59 Å². The van der Waals surface area contributed by atoms with E-state index in [-0.39, 0.29) is 5.97 Å². The Morgan fingerprint density at radius 3 is 1.74 bits per heavy atom. The van der Waals surface area contributed by atoms with Crippen molar-refractivity contribution in [3.05, 3.63) is 52.5 Å². The largest absolute Gasteiger partial charge is 0.507 e. The van der Waals surface area contributed by atoms with E-state index in [2.05, 4.69) is 86.5 Å². The molecule has 0 heterocycles. The summed E-state index contributed by atoms with van der Waals surface area (Å²) in [4.78, 5) is 21.2. The lowest BCUT2D eigenvalue weighted by molar-refractivity contribution is -0.149. The summed E-state index contributed by atoms with van der Waals surface area (Å²) in [6.07, 6.45) is -1.59. The molecular weight excluding hydrogens is 766 g/mol. The Morgan fingerprint density at radius 1 is 0.903 bits per heavy atom. The van der Waals surface area contributed by atoms with Gasteiger partial charge in [0.05, 0.1) is 21.4 Å². The van der Waals surface area contributed by atoms with Crippen molar-refractivity contribution in [1.29, 1.82) is 0 Å². The highest BCUT2D eigenvalue weighted by molar-refractivity contribution is 14.1. The number of benzene rings is 2. The molecule has 0 aliphatic rings. The zero-order chi connectivity index (χ0) is 24.1. The summed E-state index contributed by atoms with van der Waals surface area (Å²) in [5.74, 6) is 0.0317. The highest BCUT2D eigenvalue weighted by Gasteiger charge is 2.16. The van der Waals surface area contributed by atoms with Crippen LogP contribution in [0, 0.1) is 7.14 Å². The maximum absolute atomic E-state index is 11.1. The van der Waals surface area contributed by atoms with Gasteiger partial charge in [0.2, 0.25) is 0 Å². The Hall–Kier alpha value is -0.640. The number of hydrogen-bond donors (Lipinski definition) is 2. The van der Waals surface area contributed by atoms with Crippen LogP contribution in [-0.4, -0.2) is 48.6 Å². The topological polar surface area (TPSA) is 102 Å². The van der Waals surface area contributed by atoms with Crippen molar-refractivity contribution in [2.24, 2.45) is 0 Å². The van der Waals surface area contributed by atoms with Crippen LogP contribution in [0.15, 0.2) is 45.3 Å². The Labute approximate surface area is 225 Å². The number of phenols is 1. The number of aliphatic hydroxyl groups excluding tert-OH is 1. The summed E-state index contributed by atoms with van der Waals surface area (Å²) in [5, 5.41) is 17.4. The highest BCUT2D eigenvalue weighted by Crippen LogP contribution is 2.25. The minimum absolute atomic E-state index is 0.332. The van der Waals surface area contributed by atoms with E-state index in [0.29, 0.717) is 11.5 Å². The molecule has 0 saturated carbocycles. The molecule has 11 heteroatoms. The fourth-order valence-electron chi connectivity index (χ4n) is 1.63. The predicted octanol–water partition coefficient (Wildman–Crippen LogP) is 5.29. The summed E-state index contributed by atoms with van der Waals surface area (Å²) in [7, 11) is 2.57. The van der Waals surface area contributed by atoms with Gasteiger partial charge in [0, 0.05) is 8.95 Å². The summed E-state index contributed by atoms with van der Waals surface area (Å²) in [6.45, 7) is 3.01. The Kier molecular flexibility index (Phi) is 15.7. The minimum atomic E-state index is -0.995. The lowest BCUT2D eigenvalue weighted by Gasteiger charge is -2.13. The molecule has 2 atom stereocenters. The standard InChI is InChI=1S/C10H10BrIO3.C6H4BrIO.C4H8O3/c1-6(10(13)14-2)15-9-4-3-7(11)5-8(9)12;7-4-1-2-6(9)5(8)3-4;1-3(5)4(6)7-2/h3-6H,1-2H3;1-3,9H;3,5H,1-2H3/t6-;;3-/m0.1/s1. The molecule has 0 spiro atoms. The Balaban J connectivity index is 0.000000479. The lowest BCUT2D eigenvalue weighted by atomic mass is 10.3. The predicted molar refractivity (Wildman–Crippen MR) is 141 cm³/mol. The van der Waals surface area contributed by atoms with Crippen LogP contribution in [0.1, 0.15) is 13.8 Å². The van der Waals surface area contributed by atoms with Crippen LogP contribution in [0.3, 0.4) is 0 Å². The summed E-state index contributed by atoms with van der Waals surface area (Å²) in [5.41, 5.74) is 0. The highest BCUT2D eigenvalue weighted by atomic mass is 127. The number of hydrogen-bond acceptors (Lipinski definition) is 7. The molecular formula is C20H22Br2I2O7. The fourth-order valence-corrected chi connectivity index (χ4v) is 4.36. The van der Waals surface area contributed by atoms with Crippen LogP contribution in [0.5, 0.6) is 11.5 Å². The van der Waals surface area contributed by atoms with Gasteiger partial charge in [-0.05, 0) is 95.4 Å². The average Bonchev–Trinajstić information content (AvgIpc) is 2.72. The summed E-state index contributed by atoms with van der Waals surface area (Å²) < 4.78 is 17.9. The molecule has 0 aliphatic carbocycles. The number of aromatic hydroxyl groups is 1. The zero-order valence-electron chi connectivity index (χ0n) is 17.1. The van der Waals surface area contributed by atoms with Gasteiger partial charge in [-0.25, -0.2) is 9.59 Å². The third kappa shape index (κ3) is 12.8. The molecule has 0 aromatic heterocycles. The summed E-state index contributed by atoms with van der Waals surface area (Å²) >= 11 is 10.9. The first kappa shape index (κ1) is 30.4. The van der Waals surface area contributed by atoms with Crippen molar-refractivity contribution in [2.75, 3.05) is 14.2 Å². The van der Waals surface area contributed by atoms with E-state index < -0.39 is 18.2 Å². The number of carbonyl (C=O) groups is 2. The van der Waals surface area contributed by atoms with Gasteiger partial charge in [-0.15, -0.1) is 0 Å². The van der Waals surface area contributed by atoms with Crippen LogP contribution in [0.2, 0.25) is 0 Å². The van der Waals surface area contributed by atoms with Crippen molar-refractivity contribution >= 4 is 89.0 Å². The van der Waals surface area contributed by atoms with E-state index >= 15 is 0 Å². The molecule has 0 unspecified atom stereocenters. The van der Waals surface area contributed by atoms with Crippen molar-refractivity contribution in [1.82, 2.24) is 0 Å². The molecule has 2 aromatic carbocycles. The number of rotatable bonds is 4. The number of ether oxygens (including phenoxy) is 3. The lowest BCUT2D eigenvalue weighted by Crippen LogP contribution is -2.25. The van der Waals surface area contributed by atoms with Crippen LogP contribution in [-0.2, 0) is 19.1 Å². The maximum Gasteiger partial charge on any atom is 0.346 e. The third-order valence-corrected chi connectivity index (χ3v) is 5.88. The number of carbonyl (C=O) groups excluding carboxylic acids is 2. The first-order valence-electron chi connectivity index (χ1n) is 8.52. The second kappa shape index (κ2) is 16.0. The van der Waals surface area contributed by atoms with Gasteiger partial charge in [-0.2, -0.15) is 0 Å². The van der Waals surface area contributed by atoms with Gasteiger partial charge in [0.1, 0.15) is 17.6 Å². The smallest absolute Gasteiger partial charge is 0.346 e. The molecule has 7 nitrogen and oxygen atoms in total. The number of aliphatic hydroxyl groups is 1. The molecule has 0 radical (unpaired) electrons. The average molecular weight is 788 g/mol. The summed E-state index contributed by atoms with van der Waals surface area (Å²) in [6, 6.07) is 10.9. The van der Waals surface area contributed by atoms with Gasteiger partial charge in [-0.3, -0.25) is 0 Å². The Morgan fingerprint density at radius 2 is 1.39 bits per heavy atom. The Bertz CT molecular complexity index is 863. The van der Waals surface area contributed by atoms with E-state index in [1.54, 1.807) is 19.1 Å². The van der Waals surface area contributed by atoms with Gasteiger partial charge in [0.25, 0.3) is 0 Å². The van der Waals surface area contributed by atoms with Gasteiger partial charge < -0.3 is 24.4 Å². The molecule has 0 amide bonds. The molecule has 0 saturated heterocycles. The van der Waals surface area contributed by atoms with Gasteiger partial charge >= 0.3 is 11.9 Å². The van der Waals surface area contributed by atoms with Gasteiger partial charge in [0.15, 0.2) is 6.10 Å². The van der Waals surface area contributed by atoms with Crippen LogP contribution in [0.25, 0.3) is 0 Å². The number of phenolic OH excluding ortho intramolecular Hbond substituents is 1. The number of halogens is 4. The fraction of sp³-hybridized carbons (Fsp3) is 0.300. The molecule has 0 aliphatic heterocycles. The van der Waals surface area contributed by atoms with Crippen molar-refractivity contribution in [2.45, 2.75) is 26.1 Å². The van der Waals surface area contributed by atoms with Gasteiger partial charge in [-0.1, -0.05) is 31.9 Å². The maximum atomic E-state index is 11.1. The van der Waals surface area contributed by atoms with Crippen LogP contribution in [0.4, 0.5) is 0 Å². The second-order valence-corrected chi connectivity index (χ2v) is 9.81. The zero-order valence-corrected chi connectivity index (χ0v) is 24.6. The molecule has 172 valence electrons. The van der Waals surface area contributed by atoms with E-state index in [1.807, 2.05) is 24.3 Å². The molecule has 2 N–H and O–H groups in total. The monoisotopic (exact) mass is 786 g/mol. The normalized spacial score (nSPS) is 11.5. The van der Waals surface area contributed by atoms with Crippen molar-refractivity contribution in [3.63, 3.8) is 0 Å². The van der Waals surface area contributed by atoms with E-state index in [0.717, 1.165) is 16.1 Å². The molecule has 2 rings (SSSR count). The van der Waals surface area contributed by atoms with E-state index in [1.165, 1.54) is 21.1 Å². The van der Waals surface area contributed by atoms with Crippen molar-refractivity contribution < 1.29 is 34.0 Å². The minimum Gasteiger partial charge on any atom is -0.507 e. The third-order valence-electron chi connectivity index (χ3n) is 3.18. The molecule has 31 heavy (non-hydrogen) atoms. The number of esters is 2. The molecule has 0 fully saturated rings. The molecule has 2 aromatic rings. The van der Waals surface area contributed by atoms with E-state index in [4.69, 9.17) is 14.9 Å². The first-order valence-corrected chi connectivity index (χ1v) is 12.3. The van der Waals surface area contributed by atoms with Crippen LogP contribution < -0.4 is 4.74 Å². The van der Waals surface area contributed by atoms with Crippen molar-refractivity contribution in [3.8, 4) is 11.5 Å². The number of methoxy groups -OCH3 is 2. The first-order chi connectivity index (χ1) is 14.4. The molecule has 0 bridgehead atoms. The second-order valence-electron chi connectivity index (χ2n) is 5.65. The SMILES string of the molecule is COC(=O)[C@@H](C)O.COC(=O)[C@H](C)Oc1ccc(Br)cc1I.Oc1ccc(Br)cc1I. The quantitative estimate of drug-likeness (QED) is 0.321. The van der Waals surface area contributed by atoms with Crippen LogP contribution >= 0.6 is 77.0 Å².